The zero-order chi connectivity index (χ0) is 22.5. The maximum absolute atomic E-state index is 3.54. The first kappa shape index (κ1) is 30.9. The van der Waals surface area contributed by atoms with Gasteiger partial charge >= 0.3 is 21.7 Å². The standard InChI is InChI=1S/2C14H11.C4H8.2ClH.Ti/c2*1-10-8-12-7-6-11-4-2-3-5-13(11)14(12)9-10;1-3-4-2;;;/h2*2-9H,1H3;1-4H2;2*1H;/q2*-1;-2;;;+2/p-2. The minimum atomic E-state index is 0. The second-order valence-electron chi connectivity index (χ2n) is 8.35. The Bertz CT molecular complexity index is 1360. The molecule has 6 aromatic rings. The van der Waals surface area contributed by atoms with Gasteiger partial charge in [0, 0.05) is 0 Å². The third-order valence-electron chi connectivity index (χ3n) is 5.77. The molecule has 0 aliphatic rings. The van der Waals surface area contributed by atoms with E-state index >= 15 is 0 Å². The van der Waals surface area contributed by atoms with E-state index in [1.54, 1.807) is 0 Å². The van der Waals surface area contributed by atoms with Crippen molar-refractivity contribution < 1.29 is 46.5 Å². The maximum atomic E-state index is 3.54. The Morgan fingerprint density at radius 2 is 0.914 bits per heavy atom. The molecular weight excluding hydrogens is 503 g/mol. The number of benzene rings is 4. The fourth-order valence-electron chi connectivity index (χ4n) is 4.23. The van der Waals surface area contributed by atoms with Gasteiger partial charge in [0.25, 0.3) is 0 Å². The summed E-state index contributed by atoms with van der Waals surface area (Å²) in [7, 11) is 0. The number of hydrogen-bond donors (Lipinski definition) is 0. The Morgan fingerprint density at radius 3 is 1.29 bits per heavy atom. The van der Waals surface area contributed by atoms with Gasteiger partial charge in [0.15, 0.2) is 0 Å². The summed E-state index contributed by atoms with van der Waals surface area (Å²) >= 11 is 0. The molecular formula is C32H30Cl2Ti-4. The van der Waals surface area contributed by atoms with Crippen molar-refractivity contribution in [2.75, 3.05) is 0 Å². The van der Waals surface area contributed by atoms with E-state index in [0.29, 0.717) is 0 Å². The quantitative estimate of drug-likeness (QED) is 0.225. The predicted octanol–water partition coefficient (Wildman–Crippen LogP) is 3.48. The fraction of sp³-hybridized carbons (Fsp3) is 0.125. The molecule has 6 aromatic carbocycles. The largest absolute Gasteiger partial charge is 2.00 e. The number of rotatable bonds is 1. The number of unbranched alkanes of at least 4 members (excludes halogenated alkanes) is 1. The number of halogens is 2. The molecule has 0 spiro atoms. The molecule has 0 nitrogen and oxygen atoms in total. The van der Waals surface area contributed by atoms with E-state index in [4.69, 9.17) is 0 Å². The Balaban J connectivity index is 0.000000284. The van der Waals surface area contributed by atoms with Crippen LogP contribution in [-0.4, -0.2) is 0 Å². The van der Waals surface area contributed by atoms with Gasteiger partial charge < -0.3 is 38.7 Å². The summed E-state index contributed by atoms with van der Waals surface area (Å²) in [4.78, 5) is 0. The zero-order valence-electron chi connectivity index (χ0n) is 20.3. The van der Waals surface area contributed by atoms with Gasteiger partial charge in [0.1, 0.15) is 0 Å². The molecule has 0 atom stereocenters. The van der Waals surface area contributed by atoms with Crippen LogP contribution >= 0.6 is 0 Å². The van der Waals surface area contributed by atoms with Gasteiger partial charge in [0.05, 0.1) is 0 Å². The third kappa shape index (κ3) is 7.22. The second kappa shape index (κ2) is 14.5. The molecule has 0 saturated heterocycles. The molecule has 3 heteroatoms. The summed E-state index contributed by atoms with van der Waals surface area (Å²) in [5.41, 5.74) is 2.69. The third-order valence-corrected chi connectivity index (χ3v) is 5.77. The summed E-state index contributed by atoms with van der Waals surface area (Å²) in [6.45, 7) is 11.4. The van der Waals surface area contributed by atoms with Crippen LogP contribution in [0.2, 0.25) is 0 Å². The summed E-state index contributed by atoms with van der Waals surface area (Å²) in [5, 5.41) is 10.8. The minimum absolute atomic E-state index is 0. The molecule has 0 bridgehead atoms. The van der Waals surface area contributed by atoms with E-state index in [9.17, 15) is 0 Å². The van der Waals surface area contributed by atoms with Crippen molar-refractivity contribution in [1.82, 2.24) is 0 Å². The molecule has 35 heavy (non-hydrogen) atoms. The average Bonchev–Trinajstić information content (AvgIpc) is 3.41. The summed E-state index contributed by atoms with van der Waals surface area (Å²) in [6, 6.07) is 34.9. The summed E-state index contributed by atoms with van der Waals surface area (Å²) < 4.78 is 0. The van der Waals surface area contributed by atoms with Gasteiger partial charge in [-0.1, -0.05) is 85.3 Å². The van der Waals surface area contributed by atoms with E-state index in [1.807, 2.05) is 0 Å². The van der Waals surface area contributed by atoms with Crippen LogP contribution in [0.25, 0.3) is 43.1 Å². The van der Waals surface area contributed by atoms with E-state index in [2.05, 4.69) is 125 Å². The van der Waals surface area contributed by atoms with Crippen LogP contribution in [0.4, 0.5) is 0 Å². The number of fused-ring (bicyclic) bond motifs is 6. The van der Waals surface area contributed by atoms with Crippen LogP contribution in [0.5, 0.6) is 0 Å². The topological polar surface area (TPSA) is 0 Å². The smallest absolute Gasteiger partial charge is 1.00 e. The molecule has 0 aliphatic heterocycles. The van der Waals surface area contributed by atoms with Crippen molar-refractivity contribution in [2.45, 2.75) is 26.7 Å². The second-order valence-corrected chi connectivity index (χ2v) is 8.35. The molecule has 0 N–H and O–H groups in total. The van der Waals surface area contributed by atoms with Gasteiger partial charge in [-0.05, 0) is 10.8 Å². The van der Waals surface area contributed by atoms with Crippen molar-refractivity contribution in [2.24, 2.45) is 0 Å². The van der Waals surface area contributed by atoms with Crippen LogP contribution in [0.15, 0.2) is 97.1 Å². The fourth-order valence-corrected chi connectivity index (χ4v) is 4.23. The van der Waals surface area contributed by atoms with Crippen molar-refractivity contribution in [1.29, 1.82) is 0 Å². The van der Waals surface area contributed by atoms with Crippen LogP contribution in [0.3, 0.4) is 0 Å². The van der Waals surface area contributed by atoms with E-state index in [0.717, 1.165) is 12.8 Å². The number of hydrogen-bond acceptors (Lipinski definition) is 0. The van der Waals surface area contributed by atoms with Crippen LogP contribution < -0.4 is 24.8 Å². The van der Waals surface area contributed by atoms with Crippen LogP contribution in [0, 0.1) is 27.7 Å². The average molecular weight is 533 g/mol. The molecule has 6 rings (SSSR count). The van der Waals surface area contributed by atoms with Gasteiger partial charge in [-0.2, -0.15) is 12.1 Å². The van der Waals surface area contributed by atoms with Gasteiger partial charge in [-0.25, -0.2) is 12.8 Å². The Morgan fingerprint density at radius 1 is 0.543 bits per heavy atom. The molecule has 0 aromatic heterocycles. The molecule has 0 radical (unpaired) electrons. The Kier molecular flexibility index (Phi) is 12.8. The van der Waals surface area contributed by atoms with Gasteiger partial charge in [-0.3, -0.25) is 0 Å². The SMILES string of the molecule is Cc1cc2c(ccc3ccccc32)[cH-]1.Cc1cc2c(ccc3ccccc32)[cH-]1.[CH2-]CC[CH2-].[Cl-].[Cl-].[Ti+2]. The van der Waals surface area contributed by atoms with Crippen LogP contribution in [-0.2, 0) is 21.7 Å². The first-order valence-corrected chi connectivity index (χ1v) is 11.3. The van der Waals surface area contributed by atoms with Crippen LogP contribution in [0.1, 0.15) is 24.0 Å². The first-order chi connectivity index (χ1) is 15.6. The zero-order valence-corrected chi connectivity index (χ0v) is 23.4. The molecule has 0 aliphatic carbocycles. The monoisotopic (exact) mass is 532 g/mol. The molecule has 180 valence electrons. The first-order valence-electron chi connectivity index (χ1n) is 11.3. The molecule has 0 amide bonds. The van der Waals surface area contributed by atoms with E-state index in [1.165, 1.54) is 54.2 Å². The van der Waals surface area contributed by atoms with E-state index in [-0.39, 0.29) is 46.5 Å². The molecule has 0 unspecified atom stereocenters. The number of aryl methyl sites for hydroxylation is 2. The minimum Gasteiger partial charge on any atom is -1.00 e. The van der Waals surface area contributed by atoms with Gasteiger partial charge in [-0.15, -0.1) is 56.9 Å². The van der Waals surface area contributed by atoms with Crippen molar-refractivity contribution in [3.8, 4) is 0 Å². The van der Waals surface area contributed by atoms with Crippen molar-refractivity contribution in [3.63, 3.8) is 0 Å². The van der Waals surface area contributed by atoms with Crippen molar-refractivity contribution in [3.05, 3.63) is 122 Å². The Labute approximate surface area is 237 Å². The predicted molar refractivity (Wildman–Crippen MR) is 144 cm³/mol. The Hall–Kier alpha value is -2.09. The van der Waals surface area contributed by atoms with Crippen molar-refractivity contribution >= 4 is 43.1 Å². The maximum Gasteiger partial charge on any atom is 2.00 e. The molecule has 0 fully saturated rings. The summed E-state index contributed by atoms with van der Waals surface area (Å²) in [5.74, 6) is 0. The summed E-state index contributed by atoms with van der Waals surface area (Å²) in [6.07, 6.45) is 1.92. The molecule has 0 heterocycles. The molecule has 0 saturated carbocycles. The normalized spacial score (nSPS) is 9.83. The van der Waals surface area contributed by atoms with Gasteiger partial charge in [0.2, 0.25) is 0 Å². The van der Waals surface area contributed by atoms with E-state index < -0.39 is 0 Å².